The van der Waals surface area contributed by atoms with Gasteiger partial charge in [-0.2, -0.15) is 0 Å². The van der Waals surface area contributed by atoms with Gasteiger partial charge in [-0.3, -0.25) is 4.90 Å². The smallest absolute Gasteiger partial charge is 0.410 e. The Kier molecular flexibility index (Phi) is 8.64. The molecule has 2 aliphatic rings. The lowest BCUT2D eigenvalue weighted by molar-refractivity contribution is -0.907. The highest BCUT2D eigenvalue weighted by Crippen LogP contribution is 2.35. The zero-order valence-electron chi connectivity index (χ0n) is 17.1. The van der Waals surface area contributed by atoms with E-state index < -0.39 is 6.10 Å². The van der Waals surface area contributed by atoms with Gasteiger partial charge in [0.2, 0.25) is 0 Å². The SMILES string of the molecule is CCOC(=O)N1CC[NH+](C[C@H](O)CO[C@H]2C[C@H](C)CC[C@@H]2C(C)C)CC1. The van der Waals surface area contributed by atoms with Gasteiger partial charge >= 0.3 is 6.09 Å². The van der Waals surface area contributed by atoms with E-state index in [-0.39, 0.29) is 12.2 Å². The van der Waals surface area contributed by atoms with Crippen LogP contribution in [0.25, 0.3) is 0 Å². The van der Waals surface area contributed by atoms with Crippen LogP contribution in [0.3, 0.4) is 0 Å². The van der Waals surface area contributed by atoms with Crippen LogP contribution in [0, 0.1) is 17.8 Å². The van der Waals surface area contributed by atoms with Crippen LogP contribution >= 0.6 is 0 Å². The molecule has 1 heterocycles. The number of nitrogens with one attached hydrogen (secondary N) is 1. The summed E-state index contributed by atoms with van der Waals surface area (Å²) in [6.45, 7) is 13.3. The average molecular weight is 372 g/mol. The van der Waals surface area contributed by atoms with Gasteiger partial charge in [-0.1, -0.05) is 27.2 Å². The molecule has 1 aliphatic heterocycles. The van der Waals surface area contributed by atoms with Crippen LogP contribution in [0.15, 0.2) is 0 Å². The summed E-state index contributed by atoms with van der Waals surface area (Å²) < 4.78 is 11.2. The van der Waals surface area contributed by atoms with E-state index in [1.165, 1.54) is 17.7 Å². The normalized spacial score (nSPS) is 29.0. The van der Waals surface area contributed by atoms with Crippen LogP contribution in [0.4, 0.5) is 4.79 Å². The van der Waals surface area contributed by atoms with E-state index in [1.807, 2.05) is 6.92 Å². The van der Waals surface area contributed by atoms with Gasteiger partial charge in [-0.15, -0.1) is 0 Å². The van der Waals surface area contributed by atoms with Crippen LogP contribution < -0.4 is 4.90 Å². The number of hydrogen-bond donors (Lipinski definition) is 2. The minimum atomic E-state index is -0.441. The zero-order chi connectivity index (χ0) is 19.1. The van der Waals surface area contributed by atoms with Crippen LogP contribution in [0.1, 0.15) is 47.0 Å². The van der Waals surface area contributed by atoms with Gasteiger partial charge in [0, 0.05) is 0 Å². The predicted molar refractivity (Wildman–Crippen MR) is 101 cm³/mol. The fourth-order valence-electron chi connectivity index (χ4n) is 4.36. The Balaban J connectivity index is 1.70. The van der Waals surface area contributed by atoms with Crippen molar-refractivity contribution in [2.75, 3.05) is 45.9 Å². The van der Waals surface area contributed by atoms with Crippen molar-refractivity contribution in [3.63, 3.8) is 0 Å². The van der Waals surface area contributed by atoms with Crippen LogP contribution in [0.5, 0.6) is 0 Å². The van der Waals surface area contributed by atoms with Crippen molar-refractivity contribution in [3.05, 3.63) is 0 Å². The van der Waals surface area contributed by atoms with Gasteiger partial charge in [0.15, 0.2) is 0 Å². The third kappa shape index (κ3) is 6.39. The summed E-state index contributed by atoms with van der Waals surface area (Å²) >= 11 is 0. The second kappa shape index (κ2) is 10.5. The largest absolute Gasteiger partial charge is 0.450 e. The number of carbonyl (C=O) groups excluding carboxylic acids is 1. The van der Waals surface area contributed by atoms with Gasteiger partial charge < -0.3 is 19.5 Å². The first-order valence-corrected chi connectivity index (χ1v) is 10.5. The molecule has 1 saturated carbocycles. The minimum Gasteiger partial charge on any atom is -0.450 e. The number of ether oxygens (including phenoxy) is 2. The molecule has 1 amide bonds. The maximum Gasteiger partial charge on any atom is 0.410 e. The first kappa shape index (κ1) is 21.5. The molecule has 0 unspecified atom stereocenters. The van der Waals surface area contributed by atoms with E-state index in [0.29, 0.717) is 50.6 Å². The molecule has 4 atom stereocenters. The molecule has 1 saturated heterocycles. The molecule has 26 heavy (non-hydrogen) atoms. The van der Waals surface area contributed by atoms with E-state index in [0.717, 1.165) is 19.5 Å². The lowest BCUT2D eigenvalue weighted by Gasteiger charge is -2.38. The lowest BCUT2D eigenvalue weighted by atomic mass is 9.75. The summed E-state index contributed by atoms with van der Waals surface area (Å²) in [5, 5.41) is 10.4. The molecule has 0 aromatic heterocycles. The van der Waals surface area contributed by atoms with E-state index in [4.69, 9.17) is 9.47 Å². The number of aliphatic hydroxyl groups is 1. The Bertz CT molecular complexity index is 424. The summed E-state index contributed by atoms with van der Waals surface area (Å²) in [6, 6.07) is 0. The van der Waals surface area contributed by atoms with E-state index in [1.54, 1.807) is 4.90 Å². The molecule has 6 nitrogen and oxygen atoms in total. The van der Waals surface area contributed by atoms with Gasteiger partial charge in [-0.05, 0) is 37.5 Å². The summed E-state index contributed by atoms with van der Waals surface area (Å²) in [7, 11) is 0. The van der Waals surface area contributed by atoms with Crippen LogP contribution in [0.2, 0.25) is 0 Å². The number of piperazine rings is 1. The first-order valence-electron chi connectivity index (χ1n) is 10.5. The Hall–Kier alpha value is -0.850. The molecule has 0 radical (unpaired) electrons. The van der Waals surface area contributed by atoms with E-state index in [2.05, 4.69) is 20.8 Å². The monoisotopic (exact) mass is 371 g/mol. The molecule has 0 spiro atoms. The molecule has 152 valence electrons. The van der Waals surface area contributed by atoms with Crippen molar-refractivity contribution >= 4 is 6.09 Å². The molecular weight excluding hydrogens is 332 g/mol. The maximum atomic E-state index is 11.7. The van der Waals surface area contributed by atoms with Crippen molar-refractivity contribution in [2.45, 2.75) is 59.2 Å². The van der Waals surface area contributed by atoms with E-state index >= 15 is 0 Å². The molecule has 2 rings (SSSR count). The van der Waals surface area contributed by atoms with Crippen molar-refractivity contribution in [2.24, 2.45) is 17.8 Å². The number of quaternary nitrogens is 1. The number of rotatable bonds is 7. The van der Waals surface area contributed by atoms with Gasteiger partial charge in [0.05, 0.1) is 45.5 Å². The number of aliphatic hydroxyl groups excluding tert-OH is 1. The van der Waals surface area contributed by atoms with Crippen molar-refractivity contribution in [1.29, 1.82) is 0 Å². The Morgan fingerprint density at radius 2 is 1.96 bits per heavy atom. The highest BCUT2D eigenvalue weighted by molar-refractivity contribution is 5.67. The van der Waals surface area contributed by atoms with E-state index in [9.17, 15) is 9.90 Å². The van der Waals surface area contributed by atoms with Gasteiger partial charge in [-0.25, -0.2) is 4.79 Å². The Labute approximate surface area is 158 Å². The second-order valence-electron chi connectivity index (χ2n) is 8.49. The van der Waals surface area contributed by atoms with Gasteiger partial charge in [0.1, 0.15) is 12.6 Å². The summed E-state index contributed by atoms with van der Waals surface area (Å²) in [6.07, 6.45) is 3.26. The number of hydrogen-bond acceptors (Lipinski definition) is 4. The van der Waals surface area contributed by atoms with Crippen LogP contribution in [-0.2, 0) is 9.47 Å². The number of amides is 1. The quantitative estimate of drug-likeness (QED) is 0.705. The third-order valence-electron chi connectivity index (χ3n) is 5.98. The Morgan fingerprint density at radius 3 is 2.58 bits per heavy atom. The number of nitrogens with zero attached hydrogens (tertiary/aromatic N) is 1. The van der Waals surface area contributed by atoms with Gasteiger partial charge in [0.25, 0.3) is 0 Å². The highest BCUT2D eigenvalue weighted by Gasteiger charge is 2.32. The van der Waals surface area contributed by atoms with Crippen LogP contribution in [-0.4, -0.2) is 74.2 Å². The lowest BCUT2D eigenvalue weighted by Crippen LogP contribution is -3.15. The standard InChI is InChI=1S/C20H38N2O4/c1-5-25-20(24)22-10-8-21(9-11-22)13-17(23)14-26-19-12-16(4)6-7-18(19)15(2)3/h15-19,23H,5-14H2,1-4H3/p+1/t16-,17+,18-,19+/m1/s1. The van der Waals surface area contributed by atoms with Crippen molar-refractivity contribution in [1.82, 2.24) is 4.90 Å². The maximum absolute atomic E-state index is 11.7. The molecule has 0 aromatic carbocycles. The fourth-order valence-corrected chi connectivity index (χ4v) is 4.36. The average Bonchev–Trinajstić information content (AvgIpc) is 2.60. The van der Waals surface area contributed by atoms with Crippen molar-refractivity contribution in [3.8, 4) is 0 Å². The second-order valence-corrected chi connectivity index (χ2v) is 8.49. The Morgan fingerprint density at radius 1 is 1.27 bits per heavy atom. The number of carbonyl (C=O) groups is 1. The fraction of sp³-hybridized carbons (Fsp3) is 0.950. The zero-order valence-corrected chi connectivity index (χ0v) is 17.1. The molecule has 1 aliphatic carbocycles. The summed E-state index contributed by atoms with van der Waals surface area (Å²) in [4.78, 5) is 14.8. The molecule has 2 N–H and O–H groups in total. The van der Waals surface area contributed by atoms with Crippen molar-refractivity contribution < 1.29 is 24.3 Å². The minimum absolute atomic E-state index is 0.221. The molecule has 0 aromatic rings. The topological polar surface area (TPSA) is 63.4 Å². The molecule has 0 bridgehead atoms. The summed E-state index contributed by atoms with van der Waals surface area (Å²) in [5.74, 6) is 1.96. The molecule has 2 fully saturated rings. The predicted octanol–water partition coefficient (Wildman–Crippen LogP) is 1.18. The highest BCUT2D eigenvalue weighted by atomic mass is 16.6. The molecular formula is C20H39N2O4+. The molecule has 6 heteroatoms. The third-order valence-corrected chi connectivity index (χ3v) is 5.98. The summed E-state index contributed by atoms with van der Waals surface area (Å²) in [5.41, 5.74) is 0. The first-order chi connectivity index (χ1) is 12.4.